The fraction of sp³-hybridized carbons (Fsp3) is 0.562. The van der Waals surface area contributed by atoms with Crippen LogP contribution in [0.3, 0.4) is 0 Å². The number of benzene rings is 1. The van der Waals surface area contributed by atoms with Gasteiger partial charge in [-0.1, -0.05) is 5.16 Å². The minimum absolute atomic E-state index is 0.394. The van der Waals surface area contributed by atoms with Gasteiger partial charge in [-0.25, -0.2) is 0 Å². The zero-order valence-corrected chi connectivity index (χ0v) is 13.3. The van der Waals surface area contributed by atoms with Crippen molar-refractivity contribution in [2.45, 2.75) is 6.92 Å². The summed E-state index contributed by atoms with van der Waals surface area (Å²) in [5, 5.41) is 12.1. The highest BCUT2D eigenvalue weighted by atomic mass is 16.6. The summed E-state index contributed by atoms with van der Waals surface area (Å²) >= 11 is 0. The smallest absolute Gasteiger partial charge is 0.161 e. The van der Waals surface area contributed by atoms with Gasteiger partial charge in [0.1, 0.15) is 13.2 Å². The summed E-state index contributed by atoms with van der Waals surface area (Å²) in [5.41, 5.74) is 1.27. The van der Waals surface area contributed by atoms with Crippen LogP contribution in [0.2, 0.25) is 0 Å². The van der Waals surface area contributed by atoms with Gasteiger partial charge in [-0.2, -0.15) is 0 Å². The third-order valence-corrected chi connectivity index (χ3v) is 3.23. The van der Waals surface area contributed by atoms with Crippen LogP contribution in [0.15, 0.2) is 23.4 Å². The molecule has 0 aliphatic carbocycles. The molecular formula is C16H23NO6. The fourth-order valence-electron chi connectivity index (χ4n) is 1.99. The molecule has 0 aromatic heterocycles. The SMILES string of the molecule is C/C(=N/O)c1ccc2c(c1)OCCOCCOCCOCCO2. The number of hydrogen-bond donors (Lipinski definition) is 1. The topological polar surface area (TPSA) is 78.7 Å². The fourth-order valence-corrected chi connectivity index (χ4v) is 1.99. The molecule has 0 atom stereocenters. The Balaban J connectivity index is 2.05. The Hall–Kier alpha value is -1.83. The van der Waals surface area contributed by atoms with E-state index < -0.39 is 0 Å². The molecule has 0 radical (unpaired) electrons. The van der Waals surface area contributed by atoms with Gasteiger partial charge in [0.2, 0.25) is 0 Å². The van der Waals surface area contributed by atoms with E-state index in [0.717, 1.165) is 5.56 Å². The highest BCUT2D eigenvalue weighted by molar-refractivity contribution is 5.98. The molecule has 0 bridgehead atoms. The van der Waals surface area contributed by atoms with Crippen LogP contribution in [0.1, 0.15) is 12.5 Å². The molecular weight excluding hydrogens is 302 g/mol. The summed E-state index contributed by atoms with van der Waals surface area (Å²) in [6, 6.07) is 5.39. The van der Waals surface area contributed by atoms with Crippen molar-refractivity contribution in [3.63, 3.8) is 0 Å². The highest BCUT2D eigenvalue weighted by Crippen LogP contribution is 2.28. The van der Waals surface area contributed by atoms with Crippen molar-refractivity contribution < 1.29 is 28.9 Å². The number of fused-ring (bicyclic) bond motifs is 1. The normalized spacial score (nSPS) is 18.7. The second-order valence-corrected chi connectivity index (χ2v) is 4.88. The Kier molecular flexibility index (Phi) is 7.65. The third kappa shape index (κ3) is 6.05. The van der Waals surface area contributed by atoms with Crippen molar-refractivity contribution in [3.8, 4) is 11.5 Å². The van der Waals surface area contributed by atoms with Gasteiger partial charge in [0.25, 0.3) is 0 Å². The van der Waals surface area contributed by atoms with E-state index in [-0.39, 0.29) is 0 Å². The molecule has 0 fully saturated rings. The minimum atomic E-state index is 0.394. The van der Waals surface area contributed by atoms with Crippen molar-refractivity contribution in [2.24, 2.45) is 5.16 Å². The Labute approximate surface area is 135 Å². The molecule has 1 aromatic rings. The molecule has 1 aliphatic heterocycles. The van der Waals surface area contributed by atoms with Gasteiger partial charge in [-0.3, -0.25) is 0 Å². The van der Waals surface area contributed by atoms with E-state index in [4.69, 9.17) is 28.9 Å². The van der Waals surface area contributed by atoms with Crippen molar-refractivity contribution >= 4 is 5.71 Å². The van der Waals surface area contributed by atoms with E-state index in [1.807, 2.05) is 6.07 Å². The molecule has 23 heavy (non-hydrogen) atoms. The summed E-state index contributed by atoms with van der Waals surface area (Å²) in [7, 11) is 0. The zero-order valence-electron chi connectivity index (χ0n) is 13.3. The minimum Gasteiger partial charge on any atom is -0.487 e. The first-order valence-corrected chi connectivity index (χ1v) is 7.63. The first-order valence-electron chi connectivity index (χ1n) is 7.63. The van der Waals surface area contributed by atoms with E-state index in [0.29, 0.717) is 70.1 Å². The van der Waals surface area contributed by atoms with Gasteiger partial charge < -0.3 is 28.9 Å². The first-order chi connectivity index (χ1) is 11.3. The maximum atomic E-state index is 8.90. The van der Waals surface area contributed by atoms with Gasteiger partial charge in [-0.05, 0) is 25.1 Å². The predicted molar refractivity (Wildman–Crippen MR) is 83.9 cm³/mol. The van der Waals surface area contributed by atoms with Crippen LogP contribution in [0.4, 0.5) is 0 Å². The highest BCUT2D eigenvalue weighted by Gasteiger charge is 2.09. The van der Waals surface area contributed by atoms with Crippen LogP contribution in [-0.2, 0) is 14.2 Å². The molecule has 0 saturated heterocycles. The van der Waals surface area contributed by atoms with Crippen LogP contribution in [0.5, 0.6) is 11.5 Å². The second kappa shape index (κ2) is 10.0. The van der Waals surface area contributed by atoms with Gasteiger partial charge in [0, 0.05) is 5.56 Å². The molecule has 1 heterocycles. The van der Waals surface area contributed by atoms with Crippen molar-refractivity contribution in [2.75, 3.05) is 52.9 Å². The van der Waals surface area contributed by atoms with E-state index in [2.05, 4.69) is 5.16 Å². The van der Waals surface area contributed by atoms with Crippen molar-refractivity contribution in [1.29, 1.82) is 0 Å². The Bertz CT molecular complexity index is 505. The number of oxime groups is 1. The average molecular weight is 325 g/mol. The summed E-state index contributed by atoms with van der Waals surface area (Å²) in [6.07, 6.45) is 0. The molecule has 7 nitrogen and oxygen atoms in total. The van der Waals surface area contributed by atoms with Crippen LogP contribution in [0, 0.1) is 0 Å². The second-order valence-electron chi connectivity index (χ2n) is 4.88. The monoisotopic (exact) mass is 325 g/mol. The summed E-state index contributed by atoms with van der Waals surface area (Å²) < 4.78 is 27.6. The van der Waals surface area contributed by atoms with Crippen LogP contribution < -0.4 is 9.47 Å². The molecule has 0 spiro atoms. The van der Waals surface area contributed by atoms with E-state index >= 15 is 0 Å². The number of rotatable bonds is 1. The number of hydrogen-bond acceptors (Lipinski definition) is 7. The predicted octanol–water partition coefficient (Wildman–Crippen LogP) is 1.71. The first kappa shape index (κ1) is 17.5. The Morgan fingerprint density at radius 1 is 0.826 bits per heavy atom. The molecule has 7 heteroatoms. The molecule has 1 aromatic carbocycles. The molecule has 2 rings (SSSR count). The van der Waals surface area contributed by atoms with Gasteiger partial charge in [0.15, 0.2) is 11.5 Å². The number of nitrogens with zero attached hydrogens (tertiary/aromatic N) is 1. The summed E-state index contributed by atoms with van der Waals surface area (Å²) in [5.74, 6) is 1.20. The van der Waals surface area contributed by atoms with E-state index in [1.165, 1.54) is 0 Å². The number of ether oxygens (including phenoxy) is 5. The maximum absolute atomic E-state index is 8.90. The lowest BCUT2D eigenvalue weighted by Crippen LogP contribution is -2.13. The molecule has 0 saturated carbocycles. The molecule has 1 aliphatic rings. The molecule has 0 amide bonds. The van der Waals surface area contributed by atoms with Crippen LogP contribution >= 0.6 is 0 Å². The van der Waals surface area contributed by atoms with E-state index in [1.54, 1.807) is 19.1 Å². The van der Waals surface area contributed by atoms with Gasteiger partial charge in [-0.15, -0.1) is 0 Å². The van der Waals surface area contributed by atoms with E-state index in [9.17, 15) is 0 Å². The zero-order chi connectivity index (χ0) is 16.3. The van der Waals surface area contributed by atoms with Crippen LogP contribution in [0.25, 0.3) is 0 Å². The quantitative estimate of drug-likeness (QED) is 0.481. The van der Waals surface area contributed by atoms with Gasteiger partial charge >= 0.3 is 0 Å². The molecule has 128 valence electrons. The van der Waals surface area contributed by atoms with Crippen molar-refractivity contribution in [3.05, 3.63) is 23.8 Å². The lowest BCUT2D eigenvalue weighted by Gasteiger charge is -2.14. The molecule has 0 unspecified atom stereocenters. The third-order valence-electron chi connectivity index (χ3n) is 3.23. The Morgan fingerprint density at radius 3 is 1.91 bits per heavy atom. The Morgan fingerprint density at radius 2 is 1.35 bits per heavy atom. The molecule has 1 N–H and O–H groups in total. The summed E-state index contributed by atoms with van der Waals surface area (Å²) in [6.45, 7) is 5.57. The maximum Gasteiger partial charge on any atom is 0.161 e. The lowest BCUT2D eigenvalue weighted by molar-refractivity contribution is 0.00708. The average Bonchev–Trinajstić information content (AvgIpc) is 2.59. The standard InChI is InChI=1S/C16H23NO6/c1-13(17-18)14-2-3-15-16(12-14)23-11-9-21-7-5-19-4-6-20-8-10-22-15/h2-3,12,18H,4-11H2,1H3/b17-13-. The van der Waals surface area contributed by atoms with Gasteiger partial charge in [0.05, 0.1) is 45.4 Å². The summed E-state index contributed by atoms with van der Waals surface area (Å²) in [4.78, 5) is 0. The van der Waals surface area contributed by atoms with Crippen LogP contribution in [-0.4, -0.2) is 63.8 Å². The lowest BCUT2D eigenvalue weighted by atomic mass is 10.1. The largest absolute Gasteiger partial charge is 0.487 e. The van der Waals surface area contributed by atoms with Crippen molar-refractivity contribution in [1.82, 2.24) is 0 Å².